The first-order valence-electron chi connectivity index (χ1n) is 7.12. The lowest BCUT2D eigenvalue weighted by Gasteiger charge is -2.16. The van der Waals surface area contributed by atoms with Gasteiger partial charge < -0.3 is 9.67 Å². The number of hydrogen-bond donors (Lipinski definition) is 1. The number of carboxylic acid groups (broad SMARTS) is 1. The third kappa shape index (κ3) is 2.71. The van der Waals surface area contributed by atoms with E-state index in [0.29, 0.717) is 12.2 Å². The van der Waals surface area contributed by atoms with E-state index in [-0.39, 0.29) is 0 Å². The highest BCUT2D eigenvalue weighted by molar-refractivity contribution is 7.09. The Balaban J connectivity index is 2.16. The van der Waals surface area contributed by atoms with Gasteiger partial charge in [0.25, 0.3) is 0 Å². The molecule has 0 aliphatic rings. The van der Waals surface area contributed by atoms with E-state index in [1.54, 1.807) is 12.3 Å². The molecule has 0 atom stereocenters. The molecule has 0 aliphatic heterocycles. The van der Waals surface area contributed by atoms with Gasteiger partial charge in [0, 0.05) is 22.5 Å². The van der Waals surface area contributed by atoms with Crippen LogP contribution in [-0.4, -0.2) is 28.7 Å². The number of carbonyl (C=O) groups is 1. The molecule has 0 amide bonds. The summed E-state index contributed by atoms with van der Waals surface area (Å²) >= 11 is 1.54. The van der Waals surface area contributed by atoms with Crippen molar-refractivity contribution in [3.8, 4) is 0 Å². The fraction of sp³-hybridized carbons (Fsp3) is 0.250. The van der Waals surface area contributed by atoms with Gasteiger partial charge in [0.1, 0.15) is 10.7 Å². The van der Waals surface area contributed by atoms with Crippen LogP contribution in [0.1, 0.15) is 15.5 Å². The normalized spacial score (nSPS) is 12.0. The zero-order chi connectivity index (χ0) is 15.9. The predicted molar refractivity (Wildman–Crippen MR) is 93.1 cm³/mol. The maximum absolute atomic E-state index is 11.6. The van der Waals surface area contributed by atoms with Crippen LogP contribution in [0.4, 0.5) is 0 Å². The number of fused-ring (bicyclic) bond motifs is 1. The van der Waals surface area contributed by atoms with E-state index >= 15 is 0 Å². The van der Waals surface area contributed by atoms with Crippen LogP contribution in [0, 0.1) is 0 Å². The van der Waals surface area contributed by atoms with E-state index in [1.165, 1.54) is 16.5 Å². The Kier molecular flexibility index (Phi) is 3.66. The summed E-state index contributed by atoms with van der Waals surface area (Å²) in [5.74, 6) is -0.901. The van der Waals surface area contributed by atoms with Gasteiger partial charge in [-0.1, -0.05) is 37.0 Å². The lowest BCUT2D eigenvalue weighted by Crippen LogP contribution is -2.37. The summed E-state index contributed by atoms with van der Waals surface area (Å²) in [7, 11) is -1.42. The summed E-state index contributed by atoms with van der Waals surface area (Å²) in [6.07, 6.45) is 1.75. The van der Waals surface area contributed by atoms with Gasteiger partial charge in [0.05, 0.1) is 14.6 Å². The topological polar surface area (TPSA) is 55.1 Å². The van der Waals surface area contributed by atoms with Crippen LogP contribution in [0.5, 0.6) is 0 Å². The van der Waals surface area contributed by atoms with Gasteiger partial charge in [-0.25, -0.2) is 9.78 Å². The first kappa shape index (κ1) is 15.0. The molecule has 0 aliphatic carbocycles. The Morgan fingerprint density at radius 1 is 1.32 bits per heavy atom. The Labute approximate surface area is 134 Å². The molecule has 2 heterocycles. The van der Waals surface area contributed by atoms with E-state index in [0.717, 1.165) is 15.9 Å². The molecule has 22 heavy (non-hydrogen) atoms. The van der Waals surface area contributed by atoms with E-state index < -0.39 is 14.0 Å². The SMILES string of the molecule is C[Si](C)(C)c1ccc2c(c1)cc(C(=O)O)n2Cc1nccs1. The molecule has 114 valence electrons. The summed E-state index contributed by atoms with van der Waals surface area (Å²) in [6, 6.07) is 8.10. The molecule has 0 saturated carbocycles. The van der Waals surface area contributed by atoms with Crippen molar-refractivity contribution in [3.63, 3.8) is 0 Å². The second kappa shape index (κ2) is 5.37. The minimum Gasteiger partial charge on any atom is -0.477 e. The zero-order valence-corrected chi connectivity index (χ0v) is 14.6. The molecule has 1 aromatic carbocycles. The van der Waals surface area contributed by atoms with Gasteiger partial charge in [0.15, 0.2) is 0 Å². The van der Waals surface area contributed by atoms with Crippen molar-refractivity contribution < 1.29 is 9.90 Å². The average molecular weight is 330 g/mol. The Morgan fingerprint density at radius 2 is 2.09 bits per heavy atom. The first-order chi connectivity index (χ1) is 10.4. The van der Waals surface area contributed by atoms with E-state index in [1.807, 2.05) is 16.0 Å². The molecule has 0 spiro atoms. The van der Waals surface area contributed by atoms with Crippen LogP contribution in [0.2, 0.25) is 19.6 Å². The molecule has 0 unspecified atom stereocenters. The highest BCUT2D eigenvalue weighted by atomic mass is 32.1. The Bertz CT molecular complexity index is 832. The van der Waals surface area contributed by atoms with E-state index in [2.05, 4.69) is 36.8 Å². The third-order valence-electron chi connectivity index (χ3n) is 3.76. The molecule has 0 radical (unpaired) electrons. The highest BCUT2D eigenvalue weighted by Crippen LogP contribution is 2.22. The van der Waals surface area contributed by atoms with E-state index in [9.17, 15) is 9.90 Å². The van der Waals surface area contributed by atoms with Crippen LogP contribution < -0.4 is 5.19 Å². The van der Waals surface area contributed by atoms with E-state index in [4.69, 9.17) is 0 Å². The zero-order valence-electron chi connectivity index (χ0n) is 12.8. The number of thiazole rings is 1. The molecule has 0 fully saturated rings. The van der Waals surface area contributed by atoms with Crippen LogP contribution in [0.3, 0.4) is 0 Å². The number of hydrogen-bond acceptors (Lipinski definition) is 3. The molecule has 3 rings (SSSR count). The van der Waals surface area contributed by atoms with Gasteiger partial charge in [-0.3, -0.25) is 0 Å². The minimum atomic E-state index is -1.42. The standard InChI is InChI=1S/C16H18N2O2SSi/c1-22(2,3)12-4-5-13-11(8-12)9-14(16(19)20)18(13)10-15-17-6-7-21-15/h4-9H,10H2,1-3H3,(H,19,20). The smallest absolute Gasteiger partial charge is 0.352 e. The fourth-order valence-corrected chi connectivity index (χ4v) is 4.33. The van der Waals surface area contributed by atoms with Crippen LogP contribution in [0.15, 0.2) is 35.8 Å². The van der Waals surface area contributed by atoms with Crippen molar-refractivity contribution in [3.05, 3.63) is 46.5 Å². The first-order valence-corrected chi connectivity index (χ1v) is 11.5. The molecular formula is C16H18N2O2SSi. The molecule has 6 heteroatoms. The molecule has 0 saturated heterocycles. The maximum atomic E-state index is 11.6. The summed E-state index contributed by atoms with van der Waals surface area (Å²) in [5.41, 5.74) is 1.27. The summed E-state index contributed by atoms with van der Waals surface area (Å²) in [5, 5.41) is 14.6. The van der Waals surface area contributed by atoms with Gasteiger partial charge in [-0.2, -0.15) is 0 Å². The second-order valence-electron chi connectivity index (χ2n) is 6.37. The number of benzene rings is 1. The number of rotatable bonds is 4. The lowest BCUT2D eigenvalue weighted by atomic mass is 10.2. The summed E-state index contributed by atoms with van der Waals surface area (Å²) < 4.78 is 1.84. The van der Waals surface area contributed by atoms with Crippen molar-refractivity contribution >= 4 is 41.5 Å². The van der Waals surface area contributed by atoms with Gasteiger partial charge in [-0.05, 0) is 12.1 Å². The molecule has 0 bridgehead atoms. The van der Waals surface area contributed by atoms with Crippen LogP contribution in [-0.2, 0) is 6.54 Å². The molecule has 3 aromatic rings. The van der Waals surface area contributed by atoms with Crippen LogP contribution in [0.25, 0.3) is 10.9 Å². The second-order valence-corrected chi connectivity index (χ2v) is 12.4. The quantitative estimate of drug-likeness (QED) is 0.746. The molecular weight excluding hydrogens is 312 g/mol. The van der Waals surface area contributed by atoms with Gasteiger partial charge >= 0.3 is 5.97 Å². The van der Waals surface area contributed by atoms with Crippen molar-refractivity contribution in [2.75, 3.05) is 0 Å². The van der Waals surface area contributed by atoms with Gasteiger partial charge in [-0.15, -0.1) is 11.3 Å². The largest absolute Gasteiger partial charge is 0.477 e. The lowest BCUT2D eigenvalue weighted by molar-refractivity contribution is 0.0686. The Hall–Kier alpha value is -1.92. The molecule has 1 N–H and O–H groups in total. The number of aromatic nitrogens is 2. The number of carboxylic acids is 1. The maximum Gasteiger partial charge on any atom is 0.352 e. The number of nitrogens with zero attached hydrogens (tertiary/aromatic N) is 2. The van der Waals surface area contributed by atoms with Crippen molar-refractivity contribution in [2.45, 2.75) is 26.2 Å². The van der Waals surface area contributed by atoms with Crippen LogP contribution >= 0.6 is 11.3 Å². The van der Waals surface area contributed by atoms with Crippen molar-refractivity contribution in [1.82, 2.24) is 9.55 Å². The molecule has 2 aromatic heterocycles. The molecule has 4 nitrogen and oxygen atoms in total. The minimum absolute atomic E-state index is 0.318. The van der Waals surface area contributed by atoms with Crippen molar-refractivity contribution in [1.29, 1.82) is 0 Å². The monoisotopic (exact) mass is 330 g/mol. The predicted octanol–water partition coefficient (Wildman–Crippen LogP) is 3.39. The summed E-state index contributed by atoms with van der Waals surface area (Å²) in [6.45, 7) is 7.37. The average Bonchev–Trinajstić information content (AvgIpc) is 3.06. The van der Waals surface area contributed by atoms with Crippen molar-refractivity contribution in [2.24, 2.45) is 0 Å². The third-order valence-corrected chi connectivity index (χ3v) is 6.57. The highest BCUT2D eigenvalue weighted by Gasteiger charge is 2.20. The summed E-state index contributed by atoms with van der Waals surface area (Å²) in [4.78, 5) is 15.8. The Morgan fingerprint density at radius 3 is 2.68 bits per heavy atom. The van der Waals surface area contributed by atoms with Gasteiger partial charge in [0.2, 0.25) is 0 Å². The fourth-order valence-electron chi connectivity index (χ4n) is 2.55. The number of aromatic carboxylic acids is 1.